The highest BCUT2D eigenvalue weighted by Gasteiger charge is 2.35. The number of hydrogen-bond donors (Lipinski definition) is 0. The molecule has 0 aliphatic carbocycles. The minimum Gasteiger partial charge on any atom is -0.423 e. The van der Waals surface area contributed by atoms with Gasteiger partial charge in [0.15, 0.2) is 6.29 Å². The minimum absolute atomic E-state index is 0.0597. The first-order chi connectivity index (χ1) is 8.44. The van der Waals surface area contributed by atoms with Crippen molar-refractivity contribution >= 4 is 24.8 Å². The van der Waals surface area contributed by atoms with Gasteiger partial charge in [-0.3, -0.25) is 13.8 Å². The number of aldehydes is 1. The molecular weight excluding hydrogens is 271 g/mol. The Labute approximate surface area is 111 Å². The highest BCUT2D eigenvalue weighted by molar-refractivity contribution is 8.07. The van der Waals surface area contributed by atoms with Crippen molar-refractivity contribution in [2.45, 2.75) is 13.8 Å². The third kappa shape index (κ3) is 3.18. The molecule has 1 aromatic carbocycles. The Hall–Kier alpha value is -0.740. The second-order valence-electron chi connectivity index (χ2n) is 4.91. The predicted molar refractivity (Wildman–Crippen MR) is 72.4 cm³/mol. The maximum Gasteiger partial charge on any atom is 0.380 e. The Balaban J connectivity index is 2.14. The SMILES string of the molecule is CC1(C)COP(=S)(Oc2ccccc2C=O)OC1. The van der Waals surface area contributed by atoms with Crippen LogP contribution in [0.5, 0.6) is 5.75 Å². The van der Waals surface area contributed by atoms with E-state index in [4.69, 9.17) is 25.4 Å². The van der Waals surface area contributed by atoms with E-state index in [1.807, 2.05) is 13.8 Å². The molecule has 18 heavy (non-hydrogen) atoms. The number of rotatable bonds is 3. The Morgan fingerprint density at radius 2 is 1.94 bits per heavy atom. The fourth-order valence-corrected chi connectivity index (χ4v) is 3.58. The smallest absolute Gasteiger partial charge is 0.380 e. The van der Waals surface area contributed by atoms with Crippen LogP contribution in [0.4, 0.5) is 0 Å². The van der Waals surface area contributed by atoms with Crippen molar-refractivity contribution in [2.75, 3.05) is 13.2 Å². The molecule has 1 aliphatic heterocycles. The maximum absolute atomic E-state index is 10.9. The topological polar surface area (TPSA) is 44.8 Å². The molecule has 0 saturated carbocycles. The van der Waals surface area contributed by atoms with Gasteiger partial charge in [-0.1, -0.05) is 26.0 Å². The van der Waals surface area contributed by atoms with Gasteiger partial charge in [0, 0.05) is 17.2 Å². The molecule has 0 spiro atoms. The van der Waals surface area contributed by atoms with Gasteiger partial charge in [-0.25, -0.2) is 0 Å². The van der Waals surface area contributed by atoms with E-state index in [9.17, 15) is 4.79 Å². The van der Waals surface area contributed by atoms with Crippen molar-refractivity contribution in [3.8, 4) is 5.75 Å². The molecular formula is C12H15O4PS. The third-order valence-corrected chi connectivity index (χ3v) is 4.65. The van der Waals surface area contributed by atoms with Crippen molar-refractivity contribution in [3.63, 3.8) is 0 Å². The summed E-state index contributed by atoms with van der Waals surface area (Å²) in [6.07, 6.45) is 0.727. The van der Waals surface area contributed by atoms with Gasteiger partial charge >= 0.3 is 6.72 Å². The molecule has 0 bridgehead atoms. The zero-order valence-electron chi connectivity index (χ0n) is 10.3. The number of hydrogen-bond acceptors (Lipinski definition) is 5. The summed E-state index contributed by atoms with van der Waals surface area (Å²) >= 11 is 5.27. The molecule has 0 atom stereocenters. The molecule has 1 fully saturated rings. The van der Waals surface area contributed by atoms with Crippen LogP contribution in [0.2, 0.25) is 0 Å². The lowest BCUT2D eigenvalue weighted by Gasteiger charge is -2.35. The fourth-order valence-electron chi connectivity index (χ4n) is 1.42. The summed E-state index contributed by atoms with van der Waals surface area (Å²) in [7, 11) is 0. The number of benzene rings is 1. The van der Waals surface area contributed by atoms with E-state index < -0.39 is 6.72 Å². The zero-order valence-corrected chi connectivity index (χ0v) is 12.0. The van der Waals surface area contributed by atoms with Crippen molar-refractivity contribution < 1.29 is 18.4 Å². The molecule has 1 saturated heterocycles. The average Bonchev–Trinajstić information content (AvgIpc) is 2.34. The lowest BCUT2D eigenvalue weighted by molar-refractivity contribution is 0.0406. The van der Waals surface area contributed by atoms with Crippen LogP contribution in [0.1, 0.15) is 24.2 Å². The highest BCUT2D eigenvalue weighted by atomic mass is 32.5. The molecule has 4 nitrogen and oxygen atoms in total. The maximum atomic E-state index is 10.9. The first-order valence-electron chi connectivity index (χ1n) is 5.57. The summed E-state index contributed by atoms with van der Waals surface area (Å²) in [5, 5.41) is 0. The van der Waals surface area contributed by atoms with Crippen LogP contribution < -0.4 is 4.52 Å². The van der Waals surface area contributed by atoms with Gasteiger partial charge in [-0.05, 0) is 12.1 Å². The molecule has 0 amide bonds. The van der Waals surface area contributed by atoms with Crippen LogP contribution in [0.3, 0.4) is 0 Å². The summed E-state index contributed by atoms with van der Waals surface area (Å²) in [5.41, 5.74) is 0.384. The zero-order chi connectivity index (χ0) is 13.2. The molecule has 0 N–H and O–H groups in total. The highest BCUT2D eigenvalue weighted by Crippen LogP contribution is 2.54. The summed E-state index contributed by atoms with van der Waals surface area (Å²) in [5.74, 6) is 0.413. The van der Waals surface area contributed by atoms with E-state index in [1.165, 1.54) is 0 Å². The van der Waals surface area contributed by atoms with E-state index in [1.54, 1.807) is 24.3 Å². The van der Waals surface area contributed by atoms with E-state index in [-0.39, 0.29) is 5.41 Å². The van der Waals surface area contributed by atoms with E-state index >= 15 is 0 Å². The molecule has 6 heteroatoms. The molecule has 1 heterocycles. The predicted octanol–water partition coefficient (Wildman–Crippen LogP) is 3.18. The monoisotopic (exact) mass is 286 g/mol. The van der Waals surface area contributed by atoms with Gasteiger partial charge in [0.1, 0.15) is 5.75 Å². The first kappa shape index (κ1) is 13.7. The van der Waals surface area contributed by atoms with E-state index in [0.29, 0.717) is 24.5 Å². The van der Waals surface area contributed by atoms with Crippen LogP contribution in [0, 0.1) is 5.41 Å². The largest absolute Gasteiger partial charge is 0.423 e. The van der Waals surface area contributed by atoms with Crippen molar-refractivity contribution in [3.05, 3.63) is 29.8 Å². The molecule has 0 aromatic heterocycles. The van der Waals surface area contributed by atoms with Gasteiger partial charge in [-0.15, -0.1) is 0 Å². The lowest BCUT2D eigenvalue weighted by atomic mass is 9.97. The quantitative estimate of drug-likeness (QED) is 0.631. The summed E-state index contributed by atoms with van der Waals surface area (Å²) < 4.78 is 16.7. The number of carbonyl (C=O) groups excluding carboxylic acids is 1. The molecule has 2 rings (SSSR count). The molecule has 98 valence electrons. The van der Waals surface area contributed by atoms with Crippen molar-refractivity contribution in [1.29, 1.82) is 0 Å². The van der Waals surface area contributed by atoms with Crippen molar-refractivity contribution in [2.24, 2.45) is 5.41 Å². The number of para-hydroxylation sites is 1. The van der Waals surface area contributed by atoms with Crippen LogP contribution >= 0.6 is 6.72 Å². The van der Waals surface area contributed by atoms with Gasteiger partial charge < -0.3 is 4.52 Å². The van der Waals surface area contributed by atoms with Crippen molar-refractivity contribution in [1.82, 2.24) is 0 Å². The Morgan fingerprint density at radius 1 is 1.33 bits per heavy atom. The number of carbonyl (C=O) groups is 1. The summed E-state index contributed by atoms with van der Waals surface area (Å²) in [6, 6.07) is 6.89. The first-order valence-corrected chi connectivity index (χ1v) is 8.13. The Kier molecular flexibility index (Phi) is 3.87. The van der Waals surface area contributed by atoms with Crippen LogP contribution in [0.25, 0.3) is 0 Å². The van der Waals surface area contributed by atoms with Crippen LogP contribution in [-0.2, 0) is 20.9 Å². The lowest BCUT2D eigenvalue weighted by Crippen LogP contribution is -2.30. The standard InChI is InChI=1S/C12H15O4PS/c1-12(2)8-14-17(18,15-9-12)16-11-6-4-3-5-10(11)7-13/h3-7H,8-9H2,1-2H3. The molecule has 1 aliphatic rings. The second kappa shape index (κ2) is 5.10. The normalized spacial score (nSPS) is 21.2. The van der Waals surface area contributed by atoms with Gasteiger partial charge in [0.25, 0.3) is 0 Å². The molecule has 1 aromatic rings. The molecule has 0 unspecified atom stereocenters. The minimum atomic E-state index is -2.78. The summed E-state index contributed by atoms with van der Waals surface area (Å²) in [4.78, 5) is 10.9. The van der Waals surface area contributed by atoms with Gasteiger partial charge in [-0.2, -0.15) is 0 Å². The van der Waals surface area contributed by atoms with Gasteiger partial charge in [0.2, 0.25) is 0 Å². The van der Waals surface area contributed by atoms with E-state index in [0.717, 1.165) is 6.29 Å². The average molecular weight is 286 g/mol. The summed E-state index contributed by atoms with van der Waals surface area (Å²) in [6.45, 7) is 2.27. The fraction of sp³-hybridized carbons (Fsp3) is 0.417. The second-order valence-corrected chi connectivity index (χ2v) is 7.84. The third-order valence-electron chi connectivity index (χ3n) is 2.48. The van der Waals surface area contributed by atoms with Gasteiger partial charge in [0.05, 0.1) is 18.8 Å². The Morgan fingerprint density at radius 3 is 2.56 bits per heavy atom. The molecule has 0 radical (unpaired) electrons. The van der Waals surface area contributed by atoms with E-state index in [2.05, 4.69) is 0 Å². The van der Waals surface area contributed by atoms with Crippen LogP contribution in [0.15, 0.2) is 24.3 Å². The van der Waals surface area contributed by atoms with Crippen LogP contribution in [-0.4, -0.2) is 19.5 Å². The Bertz CT molecular complexity index is 487.